The topological polar surface area (TPSA) is 49.8 Å². The van der Waals surface area contributed by atoms with Crippen LogP contribution in [-0.4, -0.2) is 36.2 Å². The van der Waals surface area contributed by atoms with Crippen LogP contribution < -0.4 is 4.74 Å². The molecule has 1 aromatic carbocycles. The van der Waals surface area contributed by atoms with Crippen molar-refractivity contribution in [1.82, 2.24) is 4.90 Å². The number of aliphatic carboxylic acids is 1. The lowest BCUT2D eigenvalue weighted by molar-refractivity contribution is -0.152. The number of carbonyl (C=O) groups is 1. The summed E-state index contributed by atoms with van der Waals surface area (Å²) in [7, 11) is 1.43. The first-order chi connectivity index (χ1) is 9.51. The quantitative estimate of drug-likeness (QED) is 0.921. The van der Waals surface area contributed by atoms with E-state index < -0.39 is 17.3 Å². The summed E-state index contributed by atoms with van der Waals surface area (Å²) in [6.07, 6.45) is 2.94. The van der Waals surface area contributed by atoms with Gasteiger partial charge in [-0.05, 0) is 45.0 Å². The molecule has 1 N–H and O–H groups in total. The molecular formula is C15H20FNO3. The zero-order chi connectivity index (χ0) is 14.8. The van der Waals surface area contributed by atoms with Gasteiger partial charge in [0.15, 0.2) is 0 Å². The van der Waals surface area contributed by atoms with Gasteiger partial charge in [-0.15, -0.1) is 0 Å². The molecule has 0 spiro atoms. The van der Waals surface area contributed by atoms with Crippen molar-refractivity contribution >= 4 is 5.97 Å². The average molecular weight is 281 g/mol. The maximum atomic E-state index is 14.3. The van der Waals surface area contributed by atoms with E-state index in [0.29, 0.717) is 13.1 Å². The third-order valence-corrected chi connectivity index (χ3v) is 4.09. The Kier molecular flexibility index (Phi) is 4.28. The van der Waals surface area contributed by atoms with E-state index in [1.54, 1.807) is 13.0 Å². The van der Waals surface area contributed by atoms with Crippen LogP contribution in [0.15, 0.2) is 18.2 Å². The summed E-state index contributed by atoms with van der Waals surface area (Å²) in [6.45, 7) is 2.86. The van der Waals surface area contributed by atoms with Crippen LogP contribution in [0.2, 0.25) is 0 Å². The molecule has 2 rings (SSSR count). The van der Waals surface area contributed by atoms with Gasteiger partial charge < -0.3 is 9.84 Å². The van der Waals surface area contributed by atoms with E-state index in [4.69, 9.17) is 4.74 Å². The van der Waals surface area contributed by atoms with Crippen LogP contribution in [0.5, 0.6) is 5.75 Å². The van der Waals surface area contributed by atoms with E-state index in [1.165, 1.54) is 19.2 Å². The second-order valence-corrected chi connectivity index (χ2v) is 5.24. The molecule has 0 bridgehead atoms. The molecule has 1 unspecified atom stereocenters. The van der Waals surface area contributed by atoms with E-state index in [-0.39, 0.29) is 11.3 Å². The van der Waals surface area contributed by atoms with Gasteiger partial charge in [0.05, 0.1) is 12.7 Å². The van der Waals surface area contributed by atoms with Crippen molar-refractivity contribution in [3.63, 3.8) is 0 Å². The Morgan fingerprint density at radius 1 is 1.35 bits per heavy atom. The highest BCUT2D eigenvalue weighted by Crippen LogP contribution is 2.38. The molecule has 1 aliphatic rings. The molecule has 1 fully saturated rings. The van der Waals surface area contributed by atoms with Crippen LogP contribution in [0.25, 0.3) is 0 Å². The molecule has 0 amide bonds. The van der Waals surface area contributed by atoms with Gasteiger partial charge in [-0.2, -0.15) is 0 Å². The second-order valence-electron chi connectivity index (χ2n) is 5.24. The fourth-order valence-corrected chi connectivity index (χ4v) is 2.89. The zero-order valence-corrected chi connectivity index (χ0v) is 11.9. The van der Waals surface area contributed by atoms with Gasteiger partial charge in [0.25, 0.3) is 0 Å². The van der Waals surface area contributed by atoms with Crippen molar-refractivity contribution in [2.75, 3.05) is 20.2 Å². The van der Waals surface area contributed by atoms with Gasteiger partial charge in [0.2, 0.25) is 0 Å². The number of hydrogen-bond acceptors (Lipinski definition) is 3. The Bertz CT molecular complexity index is 500. The second kappa shape index (κ2) is 5.79. The molecule has 110 valence electrons. The van der Waals surface area contributed by atoms with Gasteiger partial charge in [-0.25, -0.2) is 9.18 Å². The predicted molar refractivity (Wildman–Crippen MR) is 73.4 cm³/mol. The van der Waals surface area contributed by atoms with Crippen molar-refractivity contribution in [3.05, 3.63) is 29.6 Å². The van der Waals surface area contributed by atoms with E-state index in [2.05, 4.69) is 0 Å². The number of carboxylic acid groups (broad SMARTS) is 1. The van der Waals surface area contributed by atoms with Crippen LogP contribution in [0.3, 0.4) is 0 Å². The molecule has 1 saturated heterocycles. The minimum Gasteiger partial charge on any atom is -0.496 e. The molecule has 1 aliphatic heterocycles. The first kappa shape index (κ1) is 14.8. The van der Waals surface area contributed by atoms with Crippen molar-refractivity contribution < 1.29 is 19.0 Å². The Morgan fingerprint density at radius 2 is 2.00 bits per heavy atom. The lowest BCUT2D eigenvalue weighted by Crippen LogP contribution is -2.52. The lowest BCUT2D eigenvalue weighted by Gasteiger charge is -2.41. The summed E-state index contributed by atoms with van der Waals surface area (Å²) < 4.78 is 19.5. The number of piperidine rings is 1. The molecule has 0 saturated carbocycles. The number of rotatable bonds is 4. The first-order valence-corrected chi connectivity index (χ1v) is 6.83. The highest BCUT2D eigenvalue weighted by Gasteiger charge is 2.45. The average Bonchev–Trinajstić information content (AvgIpc) is 2.46. The summed E-state index contributed by atoms with van der Waals surface area (Å²) in [5, 5.41) is 9.72. The normalized spacial score (nSPS) is 19.4. The molecule has 20 heavy (non-hydrogen) atoms. The van der Waals surface area contributed by atoms with Gasteiger partial charge in [-0.1, -0.05) is 12.5 Å². The Labute approximate surface area is 118 Å². The minimum atomic E-state index is -1.41. The van der Waals surface area contributed by atoms with Crippen molar-refractivity contribution in [1.29, 1.82) is 0 Å². The number of nitrogens with zero attached hydrogens (tertiary/aromatic N) is 1. The number of hydrogen-bond donors (Lipinski definition) is 1. The van der Waals surface area contributed by atoms with E-state index >= 15 is 0 Å². The number of benzene rings is 1. The van der Waals surface area contributed by atoms with Crippen LogP contribution in [-0.2, 0) is 10.3 Å². The standard InChI is InChI=1S/C15H20FNO3/c1-15(14(18)19,17-9-4-3-5-10-17)13-11(16)7-6-8-12(13)20-2/h6-8H,3-5,9-10H2,1-2H3,(H,18,19). The van der Waals surface area contributed by atoms with Crippen LogP contribution >= 0.6 is 0 Å². The van der Waals surface area contributed by atoms with Crippen molar-refractivity contribution in [2.24, 2.45) is 0 Å². The Hall–Kier alpha value is -1.62. The summed E-state index contributed by atoms with van der Waals surface area (Å²) >= 11 is 0. The molecular weight excluding hydrogens is 261 g/mol. The fraction of sp³-hybridized carbons (Fsp3) is 0.533. The summed E-state index contributed by atoms with van der Waals surface area (Å²) in [5.41, 5.74) is -1.30. The molecule has 0 aliphatic carbocycles. The van der Waals surface area contributed by atoms with Gasteiger partial charge in [0, 0.05) is 0 Å². The van der Waals surface area contributed by atoms with Crippen molar-refractivity contribution in [3.8, 4) is 5.75 Å². The number of carboxylic acids is 1. The minimum absolute atomic E-state index is 0.108. The predicted octanol–water partition coefficient (Wildman–Crippen LogP) is 2.62. The number of ether oxygens (including phenoxy) is 1. The number of halogens is 1. The van der Waals surface area contributed by atoms with E-state index in [1.807, 2.05) is 4.90 Å². The smallest absolute Gasteiger partial charge is 0.328 e. The first-order valence-electron chi connectivity index (χ1n) is 6.83. The summed E-state index contributed by atoms with van der Waals surface area (Å²) in [4.78, 5) is 13.7. The maximum Gasteiger partial charge on any atom is 0.328 e. The zero-order valence-electron chi connectivity index (χ0n) is 11.9. The van der Waals surface area contributed by atoms with Crippen LogP contribution in [0.4, 0.5) is 4.39 Å². The molecule has 1 atom stereocenters. The number of likely N-dealkylation sites (tertiary alicyclic amines) is 1. The summed E-state index contributed by atoms with van der Waals surface area (Å²) in [5.74, 6) is -1.32. The lowest BCUT2D eigenvalue weighted by atomic mass is 9.87. The van der Waals surface area contributed by atoms with Gasteiger partial charge >= 0.3 is 5.97 Å². The summed E-state index contributed by atoms with van der Waals surface area (Å²) in [6, 6.07) is 4.41. The van der Waals surface area contributed by atoms with E-state index in [0.717, 1.165) is 19.3 Å². The fourth-order valence-electron chi connectivity index (χ4n) is 2.89. The monoisotopic (exact) mass is 281 g/mol. The molecule has 1 aromatic rings. The Morgan fingerprint density at radius 3 is 2.55 bits per heavy atom. The molecule has 5 heteroatoms. The largest absolute Gasteiger partial charge is 0.496 e. The van der Waals surface area contributed by atoms with Gasteiger partial charge in [0.1, 0.15) is 17.1 Å². The third kappa shape index (κ3) is 2.38. The SMILES string of the molecule is COc1cccc(F)c1C(C)(C(=O)O)N1CCCCC1. The maximum absolute atomic E-state index is 14.3. The third-order valence-electron chi connectivity index (χ3n) is 4.09. The molecule has 1 heterocycles. The van der Waals surface area contributed by atoms with Crippen molar-refractivity contribution in [2.45, 2.75) is 31.7 Å². The van der Waals surface area contributed by atoms with Crippen LogP contribution in [0, 0.1) is 5.82 Å². The number of methoxy groups -OCH3 is 1. The molecule has 0 aromatic heterocycles. The highest BCUT2D eigenvalue weighted by atomic mass is 19.1. The molecule has 4 nitrogen and oxygen atoms in total. The Balaban J connectivity index is 2.55. The van der Waals surface area contributed by atoms with Gasteiger partial charge in [-0.3, -0.25) is 4.90 Å². The highest BCUT2D eigenvalue weighted by molar-refractivity contribution is 5.81. The molecule has 0 radical (unpaired) electrons. The van der Waals surface area contributed by atoms with E-state index in [9.17, 15) is 14.3 Å². The van der Waals surface area contributed by atoms with Crippen LogP contribution in [0.1, 0.15) is 31.7 Å².